The second-order valence-electron chi connectivity index (χ2n) is 5.56. The van der Waals surface area contributed by atoms with Gasteiger partial charge < -0.3 is 16.0 Å². The minimum atomic E-state index is 0. The van der Waals surface area contributed by atoms with Crippen molar-refractivity contribution in [2.45, 2.75) is 63.2 Å². The molecule has 3 fully saturated rings. The van der Waals surface area contributed by atoms with Gasteiger partial charge in [0.1, 0.15) is 0 Å². The van der Waals surface area contributed by atoms with E-state index in [0.29, 0.717) is 18.2 Å². The van der Waals surface area contributed by atoms with Crippen LogP contribution in [-0.4, -0.2) is 31.3 Å². The Morgan fingerprint density at radius 2 is 1.82 bits per heavy atom. The second-order valence-corrected chi connectivity index (χ2v) is 5.56. The minimum absolute atomic E-state index is 0. The van der Waals surface area contributed by atoms with Gasteiger partial charge in [-0.2, -0.15) is 12.1 Å². The fraction of sp³-hybridized carbons (Fsp3) is 1.00. The number of rotatable bonds is 1. The van der Waals surface area contributed by atoms with Crippen molar-refractivity contribution in [3.8, 4) is 0 Å². The molecule has 4 unspecified atom stereocenters. The van der Waals surface area contributed by atoms with Crippen LogP contribution >= 0.6 is 0 Å². The fourth-order valence-corrected chi connectivity index (χ4v) is 3.50. The van der Waals surface area contributed by atoms with E-state index in [1.807, 2.05) is 0 Å². The monoisotopic (exact) mass is 323 g/mol. The zero-order valence-electron chi connectivity index (χ0n) is 10.4. The molecule has 4 atom stereocenters. The summed E-state index contributed by atoms with van der Waals surface area (Å²) in [5.41, 5.74) is 0. The van der Waals surface area contributed by atoms with Crippen LogP contribution in [0.5, 0.6) is 0 Å². The molecule has 0 aliphatic carbocycles. The van der Waals surface area contributed by atoms with Crippen LogP contribution in [0, 0.1) is 5.92 Å². The van der Waals surface area contributed by atoms with Crippen LogP contribution < -0.4 is 5.32 Å². The van der Waals surface area contributed by atoms with E-state index in [0.717, 1.165) is 12.5 Å². The molecule has 0 saturated carbocycles. The second kappa shape index (κ2) is 6.61. The molecule has 3 aliphatic heterocycles. The molecule has 17 heavy (non-hydrogen) atoms. The van der Waals surface area contributed by atoms with E-state index in [-0.39, 0.29) is 19.5 Å². The van der Waals surface area contributed by atoms with Gasteiger partial charge in [0.2, 0.25) is 0 Å². The normalized spacial score (nSPS) is 42.4. The first kappa shape index (κ1) is 13.9. The maximum absolute atomic E-state index is 5.02. The van der Waals surface area contributed by atoms with Gasteiger partial charge in [0.05, 0.1) is 0 Å². The molecule has 3 nitrogen and oxygen atoms in total. The molecule has 3 saturated heterocycles. The average Bonchev–Trinajstić information content (AvgIpc) is 2.39. The molecule has 1 N–H and O–H groups in total. The van der Waals surface area contributed by atoms with E-state index < -0.39 is 0 Å². The average molecular weight is 322 g/mol. The van der Waals surface area contributed by atoms with E-state index in [1.165, 1.54) is 51.5 Å². The predicted molar refractivity (Wildman–Crippen MR) is 66.8 cm³/mol. The number of fused-ring (bicyclic) bond motifs is 1. The number of nitrogens with zero attached hydrogens (tertiary/aromatic N) is 2. The summed E-state index contributed by atoms with van der Waals surface area (Å²) in [5, 5.41) is 13.4. The molecule has 3 heterocycles. The van der Waals surface area contributed by atoms with E-state index >= 15 is 0 Å². The first-order valence-corrected chi connectivity index (χ1v) is 7.03. The van der Waals surface area contributed by atoms with Gasteiger partial charge in [-0.15, -0.1) is 6.54 Å². The van der Waals surface area contributed by atoms with Crippen molar-refractivity contribution in [1.82, 2.24) is 5.32 Å². The largest absolute Gasteiger partial charge is 2.00 e. The van der Waals surface area contributed by atoms with Gasteiger partial charge >= 0.3 is 19.5 Å². The molecule has 98 valence electrons. The van der Waals surface area contributed by atoms with Crippen LogP contribution in [0.15, 0.2) is 0 Å². The molecule has 3 aliphatic rings. The van der Waals surface area contributed by atoms with Crippen LogP contribution in [0.3, 0.4) is 0 Å². The van der Waals surface area contributed by atoms with Gasteiger partial charge in [-0.05, 0) is 25.3 Å². The predicted octanol–water partition coefficient (Wildman–Crippen LogP) is 2.77. The Bertz CT molecular complexity index is 228. The molecule has 0 aromatic heterocycles. The van der Waals surface area contributed by atoms with Gasteiger partial charge in [-0.3, -0.25) is 0 Å². The summed E-state index contributed by atoms with van der Waals surface area (Å²) in [6.07, 6.45) is 9.80. The minimum Gasteiger partial charge on any atom is -0.661 e. The molecule has 0 spiro atoms. The van der Waals surface area contributed by atoms with Crippen molar-refractivity contribution in [2.75, 3.05) is 13.1 Å². The Morgan fingerprint density at radius 3 is 2.65 bits per heavy atom. The van der Waals surface area contributed by atoms with Gasteiger partial charge in [-0.25, -0.2) is 0 Å². The number of hydrogen-bond acceptors (Lipinski definition) is 1. The molecule has 0 amide bonds. The Morgan fingerprint density at radius 1 is 0.882 bits per heavy atom. The van der Waals surface area contributed by atoms with E-state index in [9.17, 15) is 0 Å². The molecule has 0 bridgehead atoms. The molecular formula is C13H23N3Ru. The molecule has 3 rings (SSSR count). The van der Waals surface area contributed by atoms with Crippen molar-refractivity contribution in [2.24, 2.45) is 5.92 Å². The van der Waals surface area contributed by atoms with E-state index in [1.54, 1.807) is 0 Å². The van der Waals surface area contributed by atoms with Crippen molar-refractivity contribution >= 4 is 0 Å². The SMILES string of the molecule is C1CCC(C2CCC3CCCNC3[N-]2)[N-]C1.[Ru+2]. The Kier molecular flexibility index (Phi) is 5.41. The van der Waals surface area contributed by atoms with Crippen LogP contribution in [0.1, 0.15) is 44.9 Å². The zero-order valence-corrected chi connectivity index (χ0v) is 12.2. The summed E-state index contributed by atoms with van der Waals surface area (Å²) in [4.78, 5) is 0. The van der Waals surface area contributed by atoms with Crippen molar-refractivity contribution in [3.05, 3.63) is 10.6 Å². The number of hydrogen-bond donors (Lipinski definition) is 1. The molecule has 0 radical (unpaired) electrons. The number of piperidine rings is 3. The van der Waals surface area contributed by atoms with Crippen molar-refractivity contribution in [1.29, 1.82) is 0 Å². The van der Waals surface area contributed by atoms with E-state index in [2.05, 4.69) is 5.32 Å². The van der Waals surface area contributed by atoms with E-state index in [4.69, 9.17) is 10.6 Å². The first-order chi connectivity index (χ1) is 7.93. The van der Waals surface area contributed by atoms with Crippen LogP contribution in [0.4, 0.5) is 0 Å². The van der Waals surface area contributed by atoms with Gasteiger partial charge in [0.25, 0.3) is 0 Å². The molecule has 4 heteroatoms. The zero-order chi connectivity index (χ0) is 10.8. The van der Waals surface area contributed by atoms with Crippen molar-refractivity contribution in [3.63, 3.8) is 0 Å². The quantitative estimate of drug-likeness (QED) is 0.741. The topological polar surface area (TPSA) is 40.2 Å². The fourth-order valence-electron chi connectivity index (χ4n) is 3.50. The Labute approximate surface area is 118 Å². The van der Waals surface area contributed by atoms with Crippen LogP contribution in [0.2, 0.25) is 0 Å². The number of nitrogens with one attached hydrogen (secondary N) is 1. The summed E-state index contributed by atoms with van der Waals surface area (Å²) >= 11 is 0. The molecular weight excluding hydrogens is 299 g/mol. The van der Waals surface area contributed by atoms with Crippen LogP contribution in [0.25, 0.3) is 10.6 Å². The third-order valence-electron chi connectivity index (χ3n) is 4.45. The third kappa shape index (κ3) is 3.29. The van der Waals surface area contributed by atoms with Gasteiger partial charge in [-0.1, -0.05) is 38.3 Å². The summed E-state index contributed by atoms with van der Waals surface area (Å²) in [6.45, 7) is 2.25. The summed E-state index contributed by atoms with van der Waals surface area (Å²) in [7, 11) is 0. The van der Waals surface area contributed by atoms with Crippen molar-refractivity contribution < 1.29 is 19.5 Å². The summed E-state index contributed by atoms with van der Waals surface area (Å²) in [6, 6.07) is 1.09. The van der Waals surface area contributed by atoms with Gasteiger partial charge in [0.15, 0.2) is 0 Å². The molecule has 0 aromatic rings. The van der Waals surface area contributed by atoms with Crippen LogP contribution in [-0.2, 0) is 19.5 Å². The standard InChI is InChI=1S/C13H23N3.Ru/c1-2-8-14-11(5-1)12-7-6-10-4-3-9-15-13(10)16-12;/h10-13,15H,1-9H2;/q-2;+2. The maximum atomic E-state index is 5.02. The maximum Gasteiger partial charge on any atom is 2.00 e. The Balaban J connectivity index is 0.00000108. The first-order valence-electron chi connectivity index (χ1n) is 7.03. The molecule has 0 aromatic carbocycles. The van der Waals surface area contributed by atoms with Gasteiger partial charge in [0, 0.05) is 0 Å². The summed E-state index contributed by atoms with van der Waals surface area (Å²) in [5.74, 6) is 0.827. The Hall–Kier alpha value is 0.503. The third-order valence-corrected chi connectivity index (χ3v) is 4.45. The smallest absolute Gasteiger partial charge is 0.661 e. The summed E-state index contributed by atoms with van der Waals surface area (Å²) < 4.78 is 0.